The number of carbonyl (C=O) groups excluding carboxylic acids is 2. The molecule has 0 spiro atoms. The first-order chi connectivity index (χ1) is 8.58. The van der Waals surface area contributed by atoms with Crippen molar-refractivity contribution in [2.24, 2.45) is 0 Å². The quantitative estimate of drug-likeness (QED) is 0.785. The monoisotopic (exact) mass is 263 g/mol. The highest BCUT2D eigenvalue weighted by atomic mass is 32.2. The van der Waals surface area contributed by atoms with E-state index in [2.05, 4.69) is 12.1 Å². The minimum absolute atomic E-state index is 0.411. The van der Waals surface area contributed by atoms with Crippen LogP contribution in [-0.2, 0) is 22.6 Å². The highest BCUT2D eigenvalue weighted by Gasteiger charge is 2.15. The van der Waals surface area contributed by atoms with Crippen LogP contribution in [0.2, 0.25) is 0 Å². The van der Waals surface area contributed by atoms with E-state index in [0.717, 1.165) is 12.0 Å². The fourth-order valence-corrected chi connectivity index (χ4v) is 3.15. The Morgan fingerprint density at radius 2 is 2.17 bits per heavy atom. The van der Waals surface area contributed by atoms with Crippen molar-refractivity contribution in [2.45, 2.75) is 31.2 Å². The molecular formula is C14H17NO2S. The molecule has 1 aliphatic rings. The summed E-state index contributed by atoms with van der Waals surface area (Å²) >= 11 is 1.89. The van der Waals surface area contributed by atoms with Crippen molar-refractivity contribution in [3.8, 4) is 0 Å². The molecule has 0 fully saturated rings. The highest BCUT2D eigenvalue weighted by Crippen LogP contribution is 2.30. The van der Waals surface area contributed by atoms with Crippen LogP contribution in [0.3, 0.4) is 0 Å². The summed E-state index contributed by atoms with van der Waals surface area (Å²) in [6.45, 7) is 1.80. The first-order valence-electron chi connectivity index (χ1n) is 6.08. The van der Waals surface area contributed by atoms with Crippen LogP contribution in [0.1, 0.15) is 24.5 Å². The maximum Gasteiger partial charge on any atom is 0.289 e. The molecule has 0 unspecified atom stereocenters. The Morgan fingerprint density at radius 1 is 1.39 bits per heavy atom. The van der Waals surface area contributed by atoms with Gasteiger partial charge in [-0.1, -0.05) is 12.1 Å². The number of ketones is 1. The van der Waals surface area contributed by atoms with Gasteiger partial charge in [0.1, 0.15) is 0 Å². The molecule has 4 heteroatoms. The van der Waals surface area contributed by atoms with E-state index in [1.165, 1.54) is 34.5 Å². The van der Waals surface area contributed by atoms with Crippen LogP contribution < -0.4 is 0 Å². The topological polar surface area (TPSA) is 37.4 Å². The standard InChI is InChI=1S/C14H17NO2S/c1-10(16)14(17)15(2)9-11-5-6-13-12(8-11)4-3-7-18-13/h5-6,8H,3-4,7,9H2,1-2H3. The average molecular weight is 263 g/mol. The summed E-state index contributed by atoms with van der Waals surface area (Å²) in [5, 5.41) is 0. The third kappa shape index (κ3) is 2.93. The molecule has 0 radical (unpaired) electrons. The molecule has 2 rings (SSSR count). The summed E-state index contributed by atoms with van der Waals surface area (Å²) in [5.74, 6) is 0.350. The van der Waals surface area contributed by atoms with Crippen LogP contribution in [0.25, 0.3) is 0 Å². The molecule has 0 saturated carbocycles. The molecule has 0 saturated heterocycles. The summed E-state index contributed by atoms with van der Waals surface area (Å²) in [5.41, 5.74) is 2.46. The molecule has 1 aromatic carbocycles. The van der Waals surface area contributed by atoms with Gasteiger partial charge in [0.2, 0.25) is 5.78 Å². The minimum Gasteiger partial charge on any atom is -0.335 e. The Kier molecular flexibility index (Phi) is 4.07. The van der Waals surface area contributed by atoms with Crippen molar-refractivity contribution < 1.29 is 9.59 Å². The van der Waals surface area contributed by atoms with Crippen LogP contribution >= 0.6 is 11.8 Å². The summed E-state index contributed by atoms with van der Waals surface area (Å²) in [6, 6.07) is 6.33. The Bertz CT molecular complexity index is 485. The van der Waals surface area contributed by atoms with Crippen LogP contribution in [0.4, 0.5) is 0 Å². The van der Waals surface area contributed by atoms with Crippen molar-refractivity contribution in [3.05, 3.63) is 29.3 Å². The van der Waals surface area contributed by atoms with E-state index in [1.54, 1.807) is 7.05 Å². The summed E-state index contributed by atoms with van der Waals surface area (Å²) in [4.78, 5) is 25.3. The molecule has 0 bridgehead atoms. The van der Waals surface area contributed by atoms with Gasteiger partial charge in [-0.15, -0.1) is 11.8 Å². The smallest absolute Gasteiger partial charge is 0.289 e. The van der Waals surface area contributed by atoms with E-state index < -0.39 is 11.7 Å². The molecule has 96 valence electrons. The van der Waals surface area contributed by atoms with Gasteiger partial charge in [0.05, 0.1) is 0 Å². The van der Waals surface area contributed by atoms with Gasteiger partial charge in [0.25, 0.3) is 5.91 Å². The van der Waals surface area contributed by atoms with E-state index in [-0.39, 0.29) is 0 Å². The van der Waals surface area contributed by atoms with Crippen molar-refractivity contribution in [1.29, 1.82) is 0 Å². The van der Waals surface area contributed by atoms with Gasteiger partial charge in [-0.3, -0.25) is 9.59 Å². The lowest BCUT2D eigenvalue weighted by molar-refractivity contribution is -0.143. The number of hydrogen-bond donors (Lipinski definition) is 0. The van der Waals surface area contributed by atoms with Crippen LogP contribution in [0, 0.1) is 0 Å². The maximum atomic E-state index is 11.5. The number of fused-ring (bicyclic) bond motifs is 1. The molecule has 1 heterocycles. The molecule has 0 atom stereocenters. The molecule has 1 aliphatic heterocycles. The second kappa shape index (κ2) is 5.57. The van der Waals surface area contributed by atoms with Crippen LogP contribution in [0.5, 0.6) is 0 Å². The Hall–Kier alpha value is -1.29. The maximum absolute atomic E-state index is 11.5. The van der Waals surface area contributed by atoms with Crippen molar-refractivity contribution in [2.75, 3.05) is 12.8 Å². The minimum atomic E-state index is -0.429. The lowest BCUT2D eigenvalue weighted by atomic mass is 10.1. The van der Waals surface area contributed by atoms with Gasteiger partial charge in [0.15, 0.2) is 0 Å². The molecule has 0 aromatic heterocycles. The molecule has 3 nitrogen and oxygen atoms in total. The Balaban J connectivity index is 2.10. The van der Waals surface area contributed by atoms with Crippen molar-refractivity contribution in [1.82, 2.24) is 4.90 Å². The zero-order chi connectivity index (χ0) is 13.1. The van der Waals surface area contributed by atoms with Gasteiger partial charge in [-0.05, 0) is 35.8 Å². The van der Waals surface area contributed by atoms with Gasteiger partial charge in [-0.25, -0.2) is 0 Å². The molecule has 0 N–H and O–H groups in total. The number of hydrogen-bond acceptors (Lipinski definition) is 3. The molecule has 0 aliphatic carbocycles. The van der Waals surface area contributed by atoms with E-state index in [1.807, 2.05) is 17.8 Å². The summed E-state index contributed by atoms with van der Waals surface area (Å²) < 4.78 is 0. The summed E-state index contributed by atoms with van der Waals surface area (Å²) in [7, 11) is 1.66. The third-order valence-electron chi connectivity index (χ3n) is 3.04. The second-order valence-electron chi connectivity index (χ2n) is 4.61. The van der Waals surface area contributed by atoms with Crippen molar-refractivity contribution in [3.63, 3.8) is 0 Å². The van der Waals surface area contributed by atoms with Crippen molar-refractivity contribution >= 4 is 23.5 Å². The van der Waals surface area contributed by atoms with E-state index in [4.69, 9.17) is 0 Å². The number of benzene rings is 1. The van der Waals surface area contributed by atoms with Gasteiger partial charge < -0.3 is 4.90 Å². The number of aryl methyl sites for hydroxylation is 1. The average Bonchev–Trinajstić information content (AvgIpc) is 2.37. The molecule has 1 amide bonds. The second-order valence-corrected chi connectivity index (χ2v) is 5.75. The zero-order valence-corrected chi connectivity index (χ0v) is 11.5. The van der Waals surface area contributed by atoms with Gasteiger partial charge >= 0.3 is 0 Å². The predicted octanol–water partition coefficient (Wildman–Crippen LogP) is 2.27. The number of Topliss-reactive ketones (excluding diaryl/α,β-unsaturated/α-hetero) is 1. The van der Waals surface area contributed by atoms with Gasteiger partial charge in [-0.2, -0.15) is 0 Å². The number of likely N-dealkylation sites (N-methyl/N-ethyl adjacent to an activating group) is 1. The predicted molar refractivity (Wildman–Crippen MR) is 72.6 cm³/mol. The molecule has 18 heavy (non-hydrogen) atoms. The van der Waals surface area contributed by atoms with E-state index in [9.17, 15) is 9.59 Å². The Morgan fingerprint density at radius 3 is 2.89 bits per heavy atom. The summed E-state index contributed by atoms with van der Waals surface area (Å²) in [6.07, 6.45) is 2.32. The van der Waals surface area contributed by atoms with E-state index in [0.29, 0.717) is 6.54 Å². The SMILES string of the molecule is CC(=O)C(=O)N(C)Cc1ccc2c(c1)CCCS2. The first-order valence-corrected chi connectivity index (χ1v) is 7.07. The van der Waals surface area contributed by atoms with Crippen LogP contribution in [0.15, 0.2) is 23.1 Å². The molecule has 1 aromatic rings. The first kappa shape index (κ1) is 13.1. The number of amides is 1. The largest absolute Gasteiger partial charge is 0.335 e. The normalized spacial score (nSPS) is 13.9. The number of carbonyl (C=O) groups is 2. The lowest BCUT2D eigenvalue weighted by Gasteiger charge is -2.19. The Labute approximate surface area is 112 Å². The lowest BCUT2D eigenvalue weighted by Crippen LogP contribution is -2.31. The van der Waals surface area contributed by atoms with Gasteiger partial charge in [0, 0.05) is 25.4 Å². The zero-order valence-electron chi connectivity index (χ0n) is 10.7. The fraction of sp³-hybridized carbons (Fsp3) is 0.429. The number of rotatable bonds is 3. The highest BCUT2D eigenvalue weighted by molar-refractivity contribution is 7.99. The third-order valence-corrected chi connectivity index (χ3v) is 4.24. The number of nitrogens with zero attached hydrogens (tertiary/aromatic N) is 1. The fourth-order valence-electron chi connectivity index (χ4n) is 2.13. The van der Waals surface area contributed by atoms with E-state index >= 15 is 0 Å². The van der Waals surface area contributed by atoms with Crippen LogP contribution in [-0.4, -0.2) is 29.4 Å². The molecular weight excluding hydrogens is 246 g/mol. The number of thioether (sulfide) groups is 1.